The number of aromatic nitrogens is 4. The molecule has 0 aliphatic carbocycles. The maximum Gasteiger partial charge on any atom is 0.131 e. The van der Waals surface area contributed by atoms with E-state index >= 15 is 0 Å². The number of phenols is 2. The van der Waals surface area contributed by atoms with E-state index in [9.17, 15) is 10.2 Å². The van der Waals surface area contributed by atoms with Gasteiger partial charge in [-0.05, 0) is 38.1 Å². The number of nitrogens with zero attached hydrogens (tertiary/aromatic N) is 3. The van der Waals surface area contributed by atoms with Crippen LogP contribution in [0.3, 0.4) is 0 Å². The van der Waals surface area contributed by atoms with E-state index in [2.05, 4.69) is 15.3 Å². The summed E-state index contributed by atoms with van der Waals surface area (Å²) in [5, 5.41) is 32.1. The zero-order chi connectivity index (χ0) is 18.3. The summed E-state index contributed by atoms with van der Waals surface area (Å²) in [7, 11) is 0. The Balaban J connectivity index is 1.84. The van der Waals surface area contributed by atoms with Gasteiger partial charge in [-0.1, -0.05) is 18.2 Å². The van der Waals surface area contributed by atoms with Gasteiger partial charge in [0.15, 0.2) is 0 Å². The Morgan fingerprint density at radius 2 is 1.77 bits per heavy atom. The van der Waals surface area contributed by atoms with Crippen molar-refractivity contribution in [1.29, 1.82) is 0 Å². The number of hydrogen-bond donors (Lipinski definition) is 3. The normalized spacial score (nSPS) is 11.0. The molecule has 2 aromatic heterocycles. The quantitative estimate of drug-likeness (QED) is 0.524. The molecule has 130 valence electrons. The van der Waals surface area contributed by atoms with Gasteiger partial charge in [0.1, 0.15) is 17.2 Å². The highest BCUT2D eigenvalue weighted by molar-refractivity contribution is 5.85. The Hall–Kier alpha value is -3.54. The molecule has 0 saturated carbocycles. The lowest BCUT2D eigenvalue weighted by Gasteiger charge is -2.08. The summed E-state index contributed by atoms with van der Waals surface area (Å²) in [4.78, 5) is 0. The first-order valence-corrected chi connectivity index (χ1v) is 8.23. The van der Waals surface area contributed by atoms with E-state index in [1.165, 1.54) is 0 Å². The minimum atomic E-state index is 0.0215. The minimum Gasteiger partial charge on any atom is -0.508 e. The van der Waals surface area contributed by atoms with Crippen LogP contribution in [0.5, 0.6) is 11.5 Å². The number of aryl methyl sites for hydroxylation is 1. The molecule has 3 N–H and O–H groups in total. The number of benzene rings is 2. The predicted octanol–water partition coefficient (Wildman–Crippen LogP) is 3.96. The van der Waals surface area contributed by atoms with Crippen LogP contribution in [0.1, 0.15) is 11.3 Å². The van der Waals surface area contributed by atoms with E-state index in [0.29, 0.717) is 16.8 Å². The van der Waals surface area contributed by atoms with Gasteiger partial charge in [0.25, 0.3) is 0 Å². The van der Waals surface area contributed by atoms with E-state index in [1.54, 1.807) is 29.9 Å². The summed E-state index contributed by atoms with van der Waals surface area (Å²) in [6, 6.07) is 13.1. The molecule has 4 aromatic rings. The van der Waals surface area contributed by atoms with E-state index < -0.39 is 0 Å². The third-order valence-corrected chi connectivity index (χ3v) is 4.50. The molecule has 6 nitrogen and oxygen atoms in total. The van der Waals surface area contributed by atoms with Crippen LogP contribution in [0, 0.1) is 13.8 Å². The van der Waals surface area contributed by atoms with Gasteiger partial charge in [0.2, 0.25) is 0 Å². The summed E-state index contributed by atoms with van der Waals surface area (Å²) in [6.07, 6.45) is 3.71. The molecule has 2 heterocycles. The first kappa shape index (κ1) is 16.0. The van der Waals surface area contributed by atoms with Gasteiger partial charge in [-0.25, -0.2) is 4.68 Å². The van der Waals surface area contributed by atoms with Crippen LogP contribution < -0.4 is 0 Å². The van der Waals surface area contributed by atoms with Gasteiger partial charge in [-0.2, -0.15) is 10.2 Å². The average Bonchev–Trinajstić information content (AvgIpc) is 3.27. The summed E-state index contributed by atoms with van der Waals surface area (Å²) in [5.74, 6) is 0.0742. The first-order valence-electron chi connectivity index (χ1n) is 8.23. The molecule has 0 unspecified atom stereocenters. The molecule has 6 heteroatoms. The number of aromatic hydroxyl groups is 2. The van der Waals surface area contributed by atoms with Crippen molar-refractivity contribution < 1.29 is 10.2 Å². The molecule has 0 aliphatic rings. The van der Waals surface area contributed by atoms with Crippen LogP contribution >= 0.6 is 0 Å². The molecule has 2 aromatic carbocycles. The summed E-state index contributed by atoms with van der Waals surface area (Å²) in [6.45, 7) is 3.59. The van der Waals surface area contributed by atoms with Crippen molar-refractivity contribution in [2.75, 3.05) is 0 Å². The summed E-state index contributed by atoms with van der Waals surface area (Å²) >= 11 is 0. The van der Waals surface area contributed by atoms with Crippen LogP contribution in [-0.2, 0) is 0 Å². The van der Waals surface area contributed by atoms with Gasteiger partial charge in [0, 0.05) is 34.1 Å². The van der Waals surface area contributed by atoms with Gasteiger partial charge in [-0.3, -0.25) is 5.10 Å². The standard InChI is InChI=1S/C20H18N4O2/c1-12-17(25)9-8-16(20(12)26)19-18(13(2)22-23-19)14-10-21-24(11-14)15-6-4-3-5-7-15/h3-11,25-26H,1-2H3,(H,22,23). The zero-order valence-electron chi connectivity index (χ0n) is 14.4. The van der Waals surface area contributed by atoms with Gasteiger partial charge < -0.3 is 10.2 Å². The number of phenolic OH excluding ortho intramolecular Hbond substituents is 2. The molecule has 0 atom stereocenters. The lowest BCUT2D eigenvalue weighted by atomic mass is 9.99. The smallest absolute Gasteiger partial charge is 0.131 e. The maximum atomic E-state index is 10.5. The molecule has 0 aliphatic heterocycles. The fraction of sp³-hybridized carbons (Fsp3) is 0.100. The Labute approximate surface area is 150 Å². The molecule has 4 rings (SSSR count). The summed E-state index contributed by atoms with van der Waals surface area (Å²) < 4.78 is 1.80. The van der Waals surface area contributed by atoms with E-state index in [-0.39, 0.29) is 11.5 Å². The fourth-order valence-electron chi connectivity index (χ4n) is 3.03. The average molecular weight is 346 g/mol. The van der Waals surface area contributed by atoms with Crippen molar-refractivity contribution in [3.8, 4) is 39.6 Å². The highest BCUT2D eigenvalue weighted by Crippen LogP contribution is 2.40. The third-order valence-electron chi connectivity index (χ3n) is 4.50. The van der Waals surface area contributed by atoms with Gasteiger partial charge in [0.05, 0.1) is 11.9 Å². The molecule has 26 heavy (non-hydrogen) atoms. The van der Waals surface area contributed by atoms with Gasteiger partial charge in [-0.15, -0.1) is 0 Å². The van der Waals surface area contributed by atoms with Crippen LogP contribution in [0.25, 0.3) is 28.1 Å². The first-order chi connectivity index (χ1) is 12.6. The molecular formula is C20H18N4O2. The number of H-pyrrole nitrogens is 1. The Kier molecular flexibility index (Phi) is 3.73. The summed E-state index contributed by atoms with van der Waals surface area (Å²) in [5.41, 5.74) is 5.20. The van der Waals surface area contributed by atoms with Crippen LogP contribution in [0.2, 0.25) is 0 Å². The second-order valence-electron chi connectivity index (χ2n) is 6.19. The zero-order valence-corrected chi connectivity index (χ0v) is 14.4. The number of aromatic amines is 1. The van der Waals surface area contributed by atoms with Crippen LogP contribution in [0.15, 0.2) is 54.9 Å². The number of rotatable bonds is 3. The second-order valence-corrected chi connectivity index (χ2v) is 6.19. The monoisotopic (exact) mass is 346 g/mol. The number of para-hydroxylation sites is 1. The fourth-order valence-corrected chi connectivity index (χ4v) is 3.03. The largest absolute Gasteiger partial charge is 0.508 e. The van der Waals surface area contributed by atoms with Crippen molar-refractivity contribution >= 4 is 0 Å². The molecule has 0 spiro atoms. The lowest BCUT2D eigenvalue weighted by Crippen LogP contribution is -1.92. The molecule has 0 amide bonds. The molecule has 0 bridgehead atoms. The molecule has 0 radical (unpaired) electrons. The Morgan fingerprint density at radius 3 is 2.54 bits per heavy atom. The topological polar surface area (TPSA) is 87.0 Å². The molecule has 0 fully saturated rings. The Morgan fingerprint density at radius 1 is 1.00 bits per heavy atom. The highest BCUT2D eigenvalue weighted by atomic mass is 16.3. The van der Waals surface area contributed by atoms with Crippen molar-refractivity contribution in [2.45, 2.75) is 13.8 Å². The van der Waals surface area contributed by atoms with Crippen LogP contribution in [-0.4, -0.2) is 30.2 Å². The maximum absolute atomic E-state index is 10.5. The predicted molar refractivity (Wildman–Crippen MR) is 99.4 cm³/mol. The van der Waals surface area contributed by atoms with Crippen molar-refractivity contribution in [3.05, 3.63) is 66.1 Å². The molecule has 0 saturated heterocycles. The van der Waals surface area contributed by atoms with Crippen molar-refractivity contribution in [2.24, 2.45) is 0 Å². The van der Waals surface area contributed by atoms with E-state index in [1.807, 2.05) is 43.5 Å². The Bertz CT molecular complexity index is 1080. The van der Waals surface area contributed by atoms with E-state index in [0.717, 1.165) is 22.5 Å². The van der Waals surface area contributed by atoms with E-state index in [4.69, 9.17) is 0 Å². The lowest BCUT2D eigenvalue weighted by molar-refractivity contribution is 0.444. The van der Waals surface area contributed by atoms with Crippen LogP contribution in [0.4, 0.5) is 0 Å². The molecular weight excluding hydrogens is 328 g/mol. The SMILES string of the molecule is Cc1[nH]nc(-c2ccc(O)c(C)c2O)c1-c1cnn(-c2ccccc2)c1. The highest BCUT2D eigenvalue weighted by Gasteiger charge is 2.20. The van der Waals surface area contributed by atoms with Crippen molar-refractivity contribution in [3.63, 3.8) is 0 Å². The van der Waals surface area contributed by atoms with Crippen molar-refractivity contribution in [1.82, 2.24) is 20.0 Å². The number of nitrogens with one attached hydrogen (secondary N) is 1. The number of hydrogen-bond acceptors (Lipinski definition) is 4. The second kappa shape index (κ2) is 6.07. The minimum absolute atomic E-state index is 0.0215. The third kappa shape index (κ3) is 2.52. The van der Waals surface area contributed by atoms with Gasteiger partial charge >= 0.3 is 0 Å².